The Kier molecular flexibility index (Phi) is 8.46. The van der Waals surface area contributed by atoms with Gasteiger partial charge >= 0.3 is 11.7 Å². The third-order valence-electron chi connectivity index (χ3n) is 3.15. The highest BCUT2D eigenvalue weighted by Gasteiger charge is 2.30. The van der Waals surface area contributed by atoms with Gasteiger partial charge < -0.3 is 10.3 Å². The normalized spacial score (nSPS) is 11.1. The molecule has 0 saturated carbocycles. The molecule has 134 valence electrons. The van der Waals surface area contributed by atoms with Crippen molar-refractivity contribution in [2.45, 2.75) is 19.8 Å². The van der Waals surface area contributed by atoms with E-state index in [0.717, 1.165) is 5.56 Å². The molecule has 7 nitrogen and oxygen atoms in total. The van der Waals surface area contributed by atoms with Crippen LogP contribution in [0.4, 0.5) is 0 Å². The summed E-state index contributed by atoms with van der Waals surface area (Å²) in [6.07, 6.45) is 3.06. The molecule has 0 saturated heterocycles. The van der Waals surface area contributed by atoms with Crippen LogP contribution in [0, 0.1) is 0 Å². The van der Waals surface area contributed by atoms with Gasteiger partial charge in [0.1, 0.15) is 0 Å². The van der Waals surface area contributed by atoms with E-state index in [1.54, 1.807) is 19.1 Å². The first-order chi connectivity index (χ1) is 11.9. The van der Waals surface area contributed by atoms with E-state index in [9.17, 15) is 18.0 Å². The van der Waals surface area contributed by atoms with E-state index in [0.29, 0.717) is 0 Å². The SMILES string of the molecule is CCOC(=O)C(=[N+]=[N-])C(=O)CCCS(=O)(=O)C/C=C/c1ccccc1. The van der Waals surface area contributed by atoms with Crippen LogP contribution in [0.1, 0.15) is 25.3 Å². The van der Waals surface area contributed by atoms with Crippen molar-refractivity contribution >= 4 is 33.4 Å². The topological polar surface area (TPSA) is 114 Å². The summed E-state index contributed by atoms with van der Waals surface area (Å²) in [6, 6.07) is 9.28. The number of Topliss-reactive ketones (excluding diaryl/α,β-unsaturated/α-hetero) is 1. The molecule has 0 heterocycles. The number of ketones is 1. The van der Waals surface area contributed by atoms with Crippen LogP contribution in [-0.4, -0.2) is 48.8 Å². The maximum Gasteiger partial charge on any atom is 0.441 e. The van der Waals surface area contributed by atoms with Crippen LogP contribution in [0.2, 0.25) is 0 Å². The van der Waals surface area contributed by atoms with Crippen LogP contribution >= 0.6 is 0 Å². The molecule has 0 amide bonds. The van der Waals surface area contributed by atoms with Crippen LogP contribution in [0.5, 0.6) is 0 Å². The molecular weight excluding hydrogens is 344 g/mol. The molecule has 1 aromatic carbocycles. The molecular formula is C17H20N2O5S. The van der Waals surface area contributed by atoms with E-state index in [2.05, 4.69) is 9.53 Å². The fourth-order valence-electron chi connectivity index (χ4n) is 1.96. The van der Waals surface area contributed by atoms with Gasteiger partial charge in [-0.15, -0.1) is 0 Å². The van der Waals surface area contributed by atoms with Gasteiger partial charge in [-0.1, -0.05) is 42.5 Å². The number of ether oxygens (including phenoxy) is 1. The van der Waals surface area contributed by atoms with Crippen molar-refractivity contribution < 1.29 is 27.5 Å². The Hall–Kier alpha value is -2.57. The molecule has 0 N–H and O–H groups in total. The molecule has 1 aromatic rings. The van der Waals surface area contributed by atoms with Crippen LogP contribution in [-0.2, 0) is 24.2 Å². The van der Waals surface area contributed by atoms with Gasteiger partial charge in [0.2, 0.25) is 0 Å². The Labute approximate surface area is 146 Å². The Balaban J connectivity index is 2.48. The van der Waals surface area contributed by atoms with Crippen molar-refractivity contribution in [3.05, 3.63) is 47.5 Å². The monoisotopic (exact) mass is 364 g/mol. The summed E-state index contributed by atoms with van der Waals surface area (Å²) in [5.74, 6) is -2.13. The molecule has 25 heavy (non-hydrogen) atoms. The standard InChI is InChI=1S/C17H20N2O5S/c1-2-24-17(21)16(19-18)15(20)11-7-13-25(22,23)12-6-10-14-8-4-3-5-9-14/h3-6,8-10H,2,7,11-13H2,1H3/b10-6+. The van der Waals surface area contributed by atoms with E-state index in [1.165, 1.54) is 0 Å². The molecule has 0 unspecified atom stereocenters. The summed E-state index contributed by atoms with van der Waals surface area (Å²) in [6.45, 7) is 1.58. The van der Waals surface area contributed by atoms with Crippen molar-refractivity contribution in [1.82, 2.24) is 0 Å². The lowest BCUT2D eigenvalue weighted by Gasteiger charge is -2.01. The van der Waals surface area contributed by atoms with Crippen molar-refractivity contribution in [1.29, 1.82) is 0 Å². The summed E-state index contributed by atoms with van der Waals surface area (Å²) in [5, 5.41) is 0. The second kappa shape index (κ2) is 10.3. The van der Waals surface area contributed by atoms with E-state index in [4.69, 9.17) is 5.53 Å². The van der Waals surface area contributed by atoms with Crippen LogP contribution in [0.25, 0.3) is 11.6 Å². The Bertz CT molecular complexity index is 779. The van der Waals surface area contributed by atoms with Crippen molar-refractivity contribution in [3.63, 3.8) is 0 Å². The average molecular weight is 364 g/mol. The highest BCUT2D eigenvalue weighted by atomic mass is 32.2. The van der Waals surface area contributed by atoms with Crippen LogP contribution in [0.15, 0.2) is 36.4 Å². The average Bonchev–Trinajstić information content (AvgIpc) is 2.56. The predicted molar refractivity (Wildman–Crippen MR) is 93.6 cm³/mol. The minimum Gasteiger partial charge on any atom is -0.457 e. The molecule has 0 aliphatic carbocycles. The smallest absolute Gasteiger partial charge is 0.441 e. The first-order valence-corrected chi connectivity index (χ1v) is 9.56. The number of sulfone groups is 1. The summed E-state index contributed by atoms with van der Waals surface area (Å²) >= 11 is 0. The summed E-state index contributed by atoms with van der Waals surface area (Å²) in [4.78, 5) is 25.8. The quantitative estimate of drug-likeness (QED) is 0.206. The number of nitrogens with zero attached hydrogens (tertiary/aromatic N) is 2. The molecule has 0 radical (unpaired) electrons. The summed E-state index contributed by atoms with van der Waals surface area (Å²) in [5.41, 5.74) is 8.89. The van der Waals surface area contributed by atoms with Crippen molar-refractivity contribution in [3.8, 4) is 0 Å². The largest absolute Gasteiger partial charge is 0.457 e. The van der Waals surface area contributed by atoms with E-state index in [-0.39, 0.29) is 31.0 Å². The fourth-order valence-corrected chi connectivity index (χ4v) is 3.10. The highest BCUT2D eigenvalue weighted by molar-refractivity contribution is 7.91. The van der Waals surface area contributed by atoms with Gasteiger partial charge in [0.25, 0.3) is 5.78 Å². The number of carbonyl (C=O) groups excluding carboxylic acids is 2. The Morgan fingerprint density at radius 1 is 1.24 bits per heavy atom. The third-order valence-corrected chi connectivity index (χ3v) is 4.76. The summed E-state index contributed by atoms with van der Waals surface area (Å²) < 4.78 is 28.5. The number of hydrogen-bond donors (Lipinski definition) is 0. The lowest BCUT2D eigenvalue weighted by atomic mass is 10.1. The van der Waals surface area contributed by atoms with Gasteiger partial charge in [-0.2, -0.15) is 4.79 Å². The zero-order valence-electron chi connectivity index (χ0n) is 13.9. The number of benzene rings is 1. The van der Waals surface area contributed by atoms with Crippen LogP contribution in [0.3, 0.4) is 0 Å². The molecule has 0 aliphatic heterocycles. The Morgan fingerprint density at radius 3 is 2.52 bits per heavy atom. The van der Waals surface area contributed by atoms with E-state index in [1.807, 2.05) is 30.3 Å². The van der Waals surface area contributed by atoms with Gasteiger partial charge in [0.15, 0.2) is 9.84 Å². The lowest BCUT2D eigenvalue weighted by molar-refractivity contribution is -0.141. The second-order valence-electron chi connectivity index (χ2n) is 5.12. The molecule has 1 rings (SSSR count). The molecule has 0 aliphatic rings. The highest BCUT2D eigenvalue weighted by Crippen LogP contribution is 2.04. The van der Waals surface area contributed by atoms with Crippen molar-refractivity contribution in [2.24, 2.45) is 0 Å². The predicted octanol–water partition coefficient (Wildman–Crippen LogP) is 1.70. The number of hydrogen-bond acceptors (Lipinski definition) is 5. The molecule has 0 atom stereocenters. The second-order valence-corrected chi connectivity index (χ2v) is 7.35. The van der Waals surface area contributed by atoms with Gasteiger partial charge in [0, 0.05) is 6.42 Å². The van der Waals surface area contributed by atoms with Gasteiger partial charge in [-0.25, -0.2) is 13.2 Å². The van der Waals surface area contributed by atoms with E-state index < -0.39 is 27.3 Å². The molecule has 8 heteroatoms. The zero-order valence-corrected chi connectivity index (χ0v) is 14.7. The van der Waals surface area contributed by atoms with Crippen LogP contribution < -0.4 is 0 Å². The minimum absolute atomic E-state index is 0.0266. The number of esters is 1. The molecule has 0 aromatic heterocycles. The maximum absolute atomic E-state index is 11.9. The maximum atomic E-state index is 11.9. The molecule has 0 fully saturated rings. The first kappa shape index (κ1) is 20.5. The zero-order chi connectivity index (χ0) is 18.7. The van der Waals surface area contributed by atoms with Gasteiger partial charge in [-0.3, -0.25) is 4.79 Å². The van der Waals surface area contributed by atoms with E-state index >= 15 is 0 Å². The Morgan fingerprint density at radius 2 is 1.92 bits per heavy atom. The minimum atomic E-state index is -3.37. The first-order valence-electron chi connectivity index (χ1n) is 7.74. The van der Waals surface area contributed by atoms with Gasteiger partial charge in [0.05, 0.1) is 18.1 Å². The fraction of sp³-hybridized carbons (Fsp3) is 0.353. The molecule has 0 spiro atoms. The third kappa shape index (κ3) is 7.69. The lowest BCUT2D eigenvalue weighted by Crippen LogP contribution is -2.27. The van der Waals surface area contributed by atoms with Crippen molar-refractivity contribution in [2.75, 3.05) is 18.1 Å². The number of rotatable bonds is 10. The number of carbonyl (C=O) groups is 2. The summed E-state index contributed by atoms with van der Waals surface area (Å²) in [7, 11) is -3.37. The van der Waals surface area contributed by atoms with Gasteiger partial charge in [-0.05, 0) is 18.9 Å². The molecule has 0 bridgehead atoms.